The van der Waals surface area contributed by atoms with Crippen LogP contribution in [0.1, 0.15) is 99.3 Å². The molecule has 2 saturated heterocycles. The van der Waals surface area contributed by atoms with Crippen molar-refractivity contribution in [3.63, 3.8) is 0 Å². The number of allylic oxidation sites excluding steroid dienone is 2. The smallest absolute Gasteiger partial charge is 0.310 e. The van der Waals surface area contributed by atoms with Crippen LogP contribution in [0.25, 0.3) is 0 Å². The standard InChI is InChI=1S/C42H68O15/c1-37(2)15-21-20-7-8-25-38(3)11-10-26(46)39(4,19-45)24(38)9-12-41(25,6)40(20,5)13-14-42(21,36(52)53)16-27(37)56-35-33(31(50)29(48)23(18-44)55-35)57-34-32(51)30(49)28(47)22(17-43)54-34/h7,21-35,43-51H,8-19H2,1-6H3,(H,52,53)/t21-,22+,23+,24+,25+,26-,27-,28+,29+,30-,31-,32+,33+,34-,35-,38-,39-,40+,41-,42+/m0/s1. The van der Waals surface area contributed by atoms with Gasteiger partial charge in [0.05, 0.1) is 37.4 Å². The van der Waals surface area contributed by atoms with Gasteiger partial charge in [-0.3, -0.25) is 4.79 Å². The maximum Gasteiger partial charge on any atom is 0.310 e. The molecule has 15 nitrogen and oxygen atoms in total. The zero-order valence-corrected chi connectivity index (χ0v) is 34.2. The fraction of sp³-hybridized carbons (Fsp3) is 0.929. The van der Waals surface area contributed by atoms with Crippen LogP contribution in [0.15, 0.2) is 11.6 Å². The van der Waals surface area contributed by atoms with E-state index < -0.39 is 109 Å². The summed E-state index contributed by atoms with van der Waals surface area (Å²) in [6.07, 6.45) is -9.42. The molecule has 57 heavy (non-hydrogen) atoms. The molecule has 20 atom stereocenters. The summed E-state index contributed by atoms with van der Waals surface area (Å²) in [4.78, 5) is 13.7. The van der Waals surface area contributed by atoms with Crippen molar-refractivity contribution in [2.45, 2.75) is 173 Å². The summed E-state index contributed by atoms with van der Waals surface area (Å²) in [5.74, 6) is -0.797. The van der Waals surface area contributed by atoms with Crippen LogP contribution in [0.4, 0.5) is 0 Å². The van der Waals surface area contributed by atoms with Crippen molar-refractivity contribution in [1.82, 2.24) is 0 Å². The minimum absolute atomic E-state index is 0.0650. The number of aliphatic hydroxyl groups excluding tert-OH is 9. The van der Waals surface area contributed by atoms with Crippen LogP contribution in [0.5, 0.6) is 0 Å². The highest BCUT2D eigenvalue weighted by atomic mass is 16.8. The number of aliphatic carboxylic acids is 1. The molecule has 0 aromatic rings. The summed E-state index contributed by atoms with van der Waals surface area (Å²) in [5, 5.41) is 106. The van der Waals surface area contributed by atoms with Crippen LogP contribution in [-0.2, 0) is 23.7 Å². The van der Waals surface area contributed by atoms with Gasteiger partial charge in [0.2, 0.25) is 0 Å². The fourth-order valence-electron chi connectivity index (χ4n) is 13.7. The Morgan fingerprint density at radius 1 is 0.737 bits per heavy atom. The monoisotopic (exact) mass is 812 g/mol. The lowest BCUT2D eigenvalue weighted by Crippen LogP contribution is -2.67. The van der Waals surface area contributed by atoms with E-state index >= 15 is 0 Å². The first kappa shape index (κ1) is 43.8. The SMILES string of the molecule is CC1(C)C[C@H]2C3=CC[C@@H]4[C@@]5(C)CC[C@H](O)[C@@](C)(CO)[C@@H]5CC[C@]4(C)[C@]3(C)CC[C@@]2(C(=O)O)C[C@@H]1O[C@@H]1O[C@H](CO)[C@@H](O)[C@H](O)[C@H]1O[C@@H]1O[C@H](CO)[C@@H](O)[C@H](O)[C@H]1O. The molecule has 5 aliphatic carbocycles. The minimum atomic E-state index is -1.83. The van der Waals surface area contributed by atoms with Crippen molar-refractivity contribution >= 4 is 5.97 Å². The predicted octanol–water partition coefficient (Wildman–Crippen LogP) is 0.825. The molecular formula is C42H68O15. The quantitative estimate of drug-likeness (QED) is 0.120. The van der Waals surface area contributed by atoms with Crippen molar-refractivity contribution in [3.8, 4) is 0 Å². The van der Waals surface area contributed by atoms with E-state index in [0.29, 0.717) is 25.7 Å². The molecule has 2 heterocycles. The molecule has 7 rings (SSSR count). The van der Waals surface area contributed by atoms with E-state index in [1.807, 2.05) is 20.8 Å². The van der Waals surface area contributed by atoms with Gasteiger partial charge in [-0.25, -0.2) is 0 Å². The highest BCUT2D eigenvalue weighted by Crippen LogP contribution is 2.76. The molecule has 7 aliphatic rings. The Bertz CT molecular complexity index is 1540. The van der Waals surface area contributed by atoms with Crippen LogP contribution < -0.4 is 0 Å². The van der Waals surface area contributed by atoms with E-state index in [1.165, 1.54) is 5.57 Å². The molecule has 0 radical (unpaired) electrons. The number of fused-ring (bicyclic) bond motifs is 7. The molecule has 4 saturated carbocycles. The van der Waals surface area contributed by atoms with Gasteiger partial charge in [0.15, 0.2) is 12.6 Å². The Labute approximate surface area is 335 Å². The summed E-state index contributed by atoms with van der Waals surface area (Å²) < 4.78 is 24.1. The molecule has 10 N–H and O–H groups in total. The van der Waals surface area contributed by atoms with Crippen LogP contribution in [0, 0.1) is 50.2 Å². The third-order valence-electron chi connectivity index (χ3n) is 17.6. The molecule has 0 spiro atoms. The summed E-state index contributed by atoms with van der Waals surface area (Å²) in [7, 11) is 0. The van der Waals surface area contributed by atoms with Crippen molar-refractivity contribution in [1.29, 1.82) is 0 Å². The molecule has 0 bridgehead atoms. The first-order chi connectivity index (χ1) is 26.6. The van der Waals surface area contributed by atoms with Crippen LogP contribution in [0.3, 0.4) is 0 Å². The third kappa shape index (κ3) is 6.35. The van der Waals surface area contributed by atoms with Gasteiger partial charge in [0.1, 0.15) is 48.8 Å². The molecule has 15 heteroatoms. The predicted molar refractivity (Wildman–Crippen MR) is 201 cm³/mol. The molecule has 6 fully saturated rings. The van der Waals surface area contributed by atoms with E-state index in [9.17, 15) is 55.9 Å². The zero-order valence-electron chi connectivity index (χ0n) is 34.2. The second-order valence-corrected chi connectivity index (χ2v) is 20.6. The average molecular weight is 813 g/mol. The van der Waals surface area contributed by atoms with Crippen molar-refractivity contribution < 1.29 is 74.8 Å². The fourth-order valence-corrected chi connectivity index (χ4v) is 13.7. The van der Waals surface area contributed by atoms with E-state index in [1.54, 1.807) is 0 Å². The van der Waals surface area contributed by atoms with Gasteiger partial charge >= 0.3 is 5.97 Å². The highest BCUT2D eigenvalue weighted by Gasteiger charge is 2.70. The lowest BCUT2D eigenvalue weighted by Gasteiger charge is -2.71. The second-order valence-electron chi connectivity index (χ2n) is 20.6. The largest absolute Gasteiger partial charge is 0.481 e. The maximum absolute atomic E-state index is 13.7. The van der Waals surface area contributed by atoms with Crippen molar-refractivity contribution in [2.75, 3.05) is 19.8 Å². The Hall–Kier alpha value is -1.31. The number of hydrogen-bond acceptors (Lipinski definition) is 14. The van der Waals surface area contributed by atoms with Crippen LogP contribution in [0.2, 0.25) is 0 Å². The third-order valence-corrected chi connectivity index (χ3v) is 17.6. The second kappa shape index (κ2) is 14.9. The number of hydrogen-bond donors (Lipinski definition) is 10. The first-order valence-electron chi connectivity index (χ1n) is 21.1. The molecule has 0 unspecified atom stereocenters. The van der Waals surface area contributed by atoms with Gasteiger partial charge < -0.3 is 70.0 Å². The van der Waals surface area contributed by atoms with Crippen molar-refractivity contribution in [3.05, 3.63) is 11.6 Å². The van der Waals surface area contributed by atoms with Gasteiger partial charge in [-0.15, -0.1) is 0 Å². The topological polar surface area (TPSA) is 256 Å². The Kier molecular flexibility index (Phi) is 11.5. The van der Waals surface area contributed by atoms with E-state index in [2.05, 4.69) is 26.8 Å². The molecule has 0 aromatic carbocycles. The Morgan fingerprint density at radius 3 is 1.98 bits per heavy atom. The first-order valence-corrected chi connectivity index (χ1v) is 21.1. The number of aliphatic hydroxyl groups is 9. The lowest BCUT2D eigenvalue weighted by molar-refractivity contribution is -0.377. The average Bonchev–Trinajstić information content (AvgIpc) is 3.16. The highest BCUT2D eigenvalue weighted by molar-refractivity contribution is 5.77. The van der Waals surface area contributed by atoms with E-state index in [-0.39, 0.29) is 47.0 Å². The number of carboxylic acids is 1. The number of carbonyl (C=O) groups is 1. The molecule has 2 aliphatic heterocycles. The van der Waals surface area contributed by atoms with Gasteiger partial charge in [-0.2, -0.15) is 0 Å². The van der Waals surface area contributed by atoms with Crippen molar-refractivity contribution in [2.24, 2.45) is 50.2 Å². The molecule has 0 amide bonds. The molecule has 326 valence electrons. The van der Waals surface area contributed by atoms with Crippen LogP contribution in [-0.4, -0.2) is 150 Å². The van der Waals surface area contributed by atoms with Gasteiger partial charge in [-0.05, 0) is 97.2 Å². The summed E-state index contributed by atoms with van der Waals surface area (Å²) in [5.41, 5.74) is -1.84. The Balaban J connectivity index is 1.19. The summed E-state index contributed by atoms with van der Waals surface area (Å²) >= 11 is 0. The zero-order chi connectivity index (χ0) is 41.8. The molecule has 0 aromatic heterocycles. The van der Waals surface area contributed by atoms with Gasteiger partial charge in [-0.1, -0.05) is 53.2 Å². The Morgan fingerprint density at radius 2 is 1.37 bits per heavy atom. The maximum atomic E-state index is 13.7. The number of ether oxygens (including phenoxy) is 4. The summed E-state index contributed by atoms with van der Waals surface area (Å²) in [6, 6.07) is 0. The normalized spacial score (nSPS) is 54.7. The van der Waals surface area contributed by atoms with E-state index in [0.717, 1.165) is 25.7 Å². The van der Waals surface area contributed by atoms with Gasteiger partial charge in [0, 0.05) is 5.41 Å². The van der Waals surface area contributed by atoms with E-state index in [4.69, 9.17) is 18.9 Å². The minimum Gasteiger partial charge on any atom is -0.481 e. The number of rotatable bonds is 8. The van der Waals surface area contributed by atoms with Gasteiger partial charge in [0.25, 0.3) is 0 Å². The molecular weight excluding hydrogens is 744 g/mol. The summed E-state index contributed by atoms with van der Waals surface area (Å²) in [6.45, 7) is 11.7. The lowest BCUT2D eigenvalue weighted by atomic mass is 9.33. The number of carboxylic acid groups (broad SMARTS) is 1. The van der Waals surface area contributed by atoms with Crippen LogP contribution >= 0.6 is 0 Å².